The molecule has 0 aromatic heterocycles. The zero-order valence-corrected chi connectivity index (χ0v) is 10.4. The molecule has 4 heteroatoms. The van der Waals surface area contributed by atoms with Crippen molar-refractivity contribution in [3.63, 3.8) is 0 Å². The summed E-state index contributed by atoms with van der Waals surface area (Å²) in [6.45, 7) is 2.38. The number of aliphatic hydroxyl groups excluding tert-OH is 1. The fourth-order valence-corrected chi connectivity index (χ4v) is 2.71. The summed E-state index contributed by atoms with van der Waals surface area (Å²) in [5.41, 5.74) is 2.69. The summed E-state index contributed by atoms with van der Waals surface area (Å²) in [6, 6.07) is 4.63. The van der Waals surface area contributed by atoms with Crippen LogP contribution in [0.2, 0.25) is 0 Å². The lowest BCUT2D eigenvalue weighted by Gasteiger charge is -2.21. The van der Waals surface area contributed by atoms with E-state index in [1.807, 2.05) is 0 Å². The minimum absolute atomic E-state index is 0.244. The normalized spacial score (nSPS) is 20.8. The molecule has 98 valence electrons. The van der Waals surface area contributed by atoms with Crippen molar-refractivity contribution in [2.24, 2.45) is 0 Å². The fourth-order valence-electron chi connectivity index (χ4n) is 2.71. The third-order valence-corrected chi connectivity index (χ3v) is 3.61. The molecular weight excluding hydrogens is 230 g/mol. The lowest BCUT2D eigenvalue weighted by molar-refractivity contribution is 0.171. The van der Waals surface area contributed by atoms with Crippen molar-refractivity contribution in [3.05, 3.63) is 23.3 Å². The maximum atomic E-state index is 8.82. The van der Waals surface area contributed by atoms with Gasteiger partial charge in [0, 0.05) is 12.6 Å². The lowest BCUT2D eigenvalue weighted by Crippen LogP contribution is -2.21. The highest BCUT2D eigenvalue weighted by atomic mass is 16.6. The molecule has 1 aromatic rings. The van der Waals surface area contributed by atoms with Crippen LogP contribution in [-0.2, 0) is 6.42 Å². The molecule has 1 aromatic carbocycles. The number of ether oxygens (including phenoxy) is 2. The van der Waals surface area contributed by atoms with Crippen LogP contribution in [0, 0.1) is 0 Å². The van der Waals surface area contributed by atoms with Gasteiger partial charge in [0.1, 0.15) is 13.2 Å². The summed E-state index contributed by atoms with van der Waals surface area (Å²) in [5.74, 6) is 1.76. The van der Waals surface area contributed by atoms with Crippen LogP contribution in [0.25, 0.3) is 0 Å². The Bertz CT molecular complexity index is 433. The van der Waals surface area contributed by atoms with E-state index in [-0.39, 0.29) is 6.61 Å². The van der Waals surface area contributed by atoms with Crippen molar-refractivity contribution < 1.29 is 14.6 Å². The highest BCUT2D eigenvalue weighted by Crippen LogP contribution is 2.40. The molecule has 0 fully saturated rings. The van der Waals surface area contributed by atoms with E-state index in [1.54, 1.807) is 0 Å². The van der Waals surface area contributed by atoms with Crippen LogP contribution in [0.3, 0.4) is 0 Å². The lowest BCUT2D eigenvalue weighted by atomic mass is 10.1. The minimum Gasteiger partial charge on any atom is -0.486 e. The van der Waals surface area contributed by atoms with Gasteiger partial charge in [-0.05, 0) is 49.1 Å². The average Bonchev–Trinajstić information content (AvgIpc) is 2.79. The second-order valence-electron chi connectivity index (χ2n) is 4.82. The molecule has 0 radical (unpaired) electrons. The van der Waals surface area contributed by atoms with Gasteiger partial charge < -0.3 is 19.9 Å². The highest BCUT2D eigenvalue weighted by molar-refractivity contribution is 5.50. The molecule has 0 saturated heterocycles. The SMILES string of the molecule is OCCCN[C@H]1CCc2cc3c(cc21)OCCO3. The van der Waals surface area contributed by atoms with Crippen molar-refractivity contribution in [1.82, 2.24) is 5.32 Å². The van der Waals surface area contributed by atoms with Gasteiger partial charge in [-0.3, -0.25) is 0 Å². The molecule has 4 nitrogen and oxygen atoms in total. The smallest absolute Gasteiger partial charge is 0.161 e. The zero-order valence-electron chi connectivity index (χ0n) is 10.4. The van der Waals surface area contributed by atoms with E-state index < -0.39 is 0 Å². The second-order valence-corrected chi connectivity index (χ2v) is 4.82. The van der Waals surface area contributed by atoms with Gasteiger partial charge in [-0.1, -0.05) is 0 Å². The standard InChI is InChI=1S/C14H19NO3/c16-5-1-4-15-12-3-2-10-8-13-14(9-11(10)12)18-7-6-17-13/h8-9,12,15-16H,1-7H2/t12-/m0/s1. The topological polar surface area (TPSA) is 50.7 Å². The monoisotopic (exact) mass is 249 g/mol. The first-order valence-corrected chi connectivity index (χ1v) is 6.65. The van der Waals surface area contributed by atoms with Crippen LogP contribution < -0.4 is 14.8 Å². The Morgan fingerprint density at radius 3 is 2.78 bits per heavy atom. The Labute approximate surface area is 107 Å². The predicted octanol–water partition coefficient (Wildman–Crippen LogP) is 1.42. The molecule has 1 atom stereocenters. The predicted molar refractivity (Wildman–Crippen MR) is 68.2 cm³/mol. The number of fused-ring (bicyclic) bond motifs is 2. The first-order chi connectivity index (χ1) is 8.88. The number of hydrogen-bond donors (Lipinski definition) is 2. The van der Waals surface area contributed by atoms with Gasteiger partial charge in [0.15, 0.2) is 11.5 Å². The molecule has 0 bridgehead atoms. The van der Waals surface area contributed by atoms with Crippen LogP contribution in [0.5, 0.6) is 11.5 Å². The Kier molecular flexibility index (Phi) is 3.39. The van der Waals surface area contributed by atoms with Crippen LogP contribution in [0.4, 0.5) is 0 Å². The van der Waals surface area contributed by atoms with E-state index in [0.29, 0.717) is 19.3 Å². The minimum atomic E-state index is 0.244. The van der Waals surface area contributed by atoms with Gasteiger partial charge in [-0.2, -0.15) is 0 Å². The van der Waals surface area contributed by atoms with Gasteiger partial charge in [0.05, 0.1) is 0 Å². The summed E-state index contributed by atoms with van der Waals surface area (Å²) in [5, 5.41) is 12.3. The number of nitrogens with one attached hydrogen (secondary N) is 1. The summed E-state index contributed by atoms with van der Waals surface area (Å²) in [4.78, 5) is 0. The third-order valence-electron chi connectivity index (χ3n) is 3.61. The molecule has 1 heterocycles. The van der Waals surface area contributed by atoms with Gasteiger partial charge in [-0.25, -0.2) is 0 Å². The van der Waals surface area contributed by atoms with Crippen molar-refractivity contribution in [3.8, 4) is 11.5 Å². The number of benzene rings is 1. The molecule has 0 amide bonds. The van der Waals surface area contributed by atoms with E-state index in [1.165, 1.54) is 11.1 Å². The first-order valence-electron chi connectivity index (χ1n) is 6.65. The maximum Gasteiger partial charge on any atom is 0.161 e. The highest BCUT2D eigenvalue weighted by Gasteiger charge is 2.25. The quantitative estimate of drug-likeness (QED) is 0.792. The van der Waals surface area contributed by atoms with Gasteiger partial charge in [0.2, 0.25) is 0 Å². The number of aliphatic hydroxyl groups is 1. The molecule has 0 spiro atoms. The van der Waals surface area contributed by atoms with Gasteiger partial charge >= 0.3 is 0 Å². The molecule has 2 N–H and O–H groups in total. The van der Waals surface area contributed by atoms with Crippen molar-refractivity contribution >= 4 is 0 Å². The molecule has 0 unspecified atom stereocenters. The Morgan fingerprint density at radius 1 is 1.22 bits per heavy atom. The van der Waals surface area contributed by atoms with Crippen LogP contribution in [0.15, 0.2) is 12.1 Å². The molecular formula is C14H19NO3. The number of aryl methyl sites for hydroxylation is 1. The van der Waals surface area contributed by atoms with Crippen LogP contribution in [0.1, 0.15) is 30.0 Å². The van der Waals surface area contributed by atoms with E-state index in [4.69, 9.17) is 14.6 Å². The first kappa shape index (κ1) is 11.8. The molecule has 0 saturated carbocycles. The molecule has 3 rings (SSSR count). The Balaban J connectivity index is 1.78. The van der Waals surface area contributed by atoms with Crippen LogP contribution in [-0.4, -0.2) is 31.5 Å². The van der Waals surface area contributed by atoms with E-state index in [2.05, 4.69) is 17.4 Å². The summed E-state index contributed by atoms with van der Waals surface area (Å²) in [7, 11) is 0. The third kappa shape index (κ3) is 2.18. The van der Waals surface area contributed by atoms with E-state index >= 15 is 0 Å². The van der Waals surface area contributed by atoms with Gasteiger partial charge in [-0.15, -0.1) is 0 Å². The average molecular weight is 249 g/mol. The van der Waals surface area contributed by atoms with E-state index in [0.717, 1.165) is 37.3 Å². The second kappa shape index (κ2) is 5.16. The summed E-state index contributed by atoms with van der Waals surface area (Å²) in [6.07, 6.45) is 3.00. The number of rotatable bonds is 4. The van der Waals surface area contributed by atoms with Crippen molar-refractivity contribution in [2.45, 2.75) is 25.3 Å². The fraction of sp³-hybridized carbons (Fsp3) is 0.571. The van der Waals surface area contributed by atoms with Crippen LogP contribution >= 0.6 is 0 Å². The molecule has 18 heavy (non-hydrogen) atoms. The molecule has 2 aliphatic rings. The van der Waals surface area contributed by atoms with Crippen molar-refractivity contribution in [2.75, 3.05) is 26.4 Å². The Morgan fingerprint density at radius 2 is 2.00 bits per heavy atom. The largest absolute Gasteiger partial charge is 0.486 e. The van der Waals surface area contributed by atoms with Gasteiger partial charge in [0.25, 0.3) is 0 Å². The van der Waals surface area contributed by atoms with Crippen molar-refractivity contribution in [1.29, 1.82) is 0 Å². The summed E-state index contributed by atoms with van der Waals surface area (Å²) >= 11 is 0. The molecule has 1 aliphatic carbocycles. The Hall–Kier alpha value is -1.26. The molecule has 1 aliphatic heterocycles. The maximum absolute atomic E-state index is 8.82. The zero-order chi connectivity index (χ0) is 12.4. The number of hydrogen-bond acceptors (Lipinski definition) is 4. The summed E-state index contributed by atoms with van der Waals surface area (Å²) < 4.78 is 11.2. The van der Waals surface area contributed by atoms with E-state index in [9.17, 15) is 0 Å².